The van der Waals surface area contributed by atoms with Crippen LogP contribution in [-0.2, 0) is 6.18 Å². The molecule has 3 aromatic carbocycles. The Hall–Kier alpha value is -3.78. The summed E-state index contributed by atoms with van der Waals surface area (Å²) in [5.41, 5.74) is -0.746. The van der Waals surface area contributed by atoms with Crippen LogP contribution in [0.4, 0.5) is 18.9 Å². The summed E-state index contributed by atoms with van der Waals surface area (Å²) in [4.78, 5) is 28.6. The molecule has 0 spiro atoms. The Morgan fingerprint density at radius 2 is 1.79 bits per heavy atom. The maximum atomic E-state index is 13.7. The fourth-order valence-corrected chi connectivity index (χ4v) is 4.72. The Kier molecular flexibility index (Phi) is 6.69. The summed E-state index contributed by atoms with van der Waals surface area (Å²) in [7, 11) is 0. The van der Waals surface area contributed by atoms with Crippen molar-refractivity contribution < 1.29 is 27.1 Å². The standard InChI is InChI=1S/C29H23ClF3NO4/c1-16(2)11-12-37-21-8-3-5-17(13-21)25-24-26(35)22-15-19(30)9-10-23(22)38-27(24)28(36)34(25)20-7-4-6-18(14-20)29(31,32)33/h3-10,13-16,25H,11-12H2,1-2H3. The maximum absolute atomic E-state index is 13.7. The van der Waals surface area contributed by atoms with Crippen LogP contribution in [0.5, 0.6) is 5.75 Å². The molecular formula is C29H23ClF3NO4. The number of carbonyl (C=O) groups excluding carboxylic acids is 1. The van der Waals surface area contributed by atoms with Crippen LogP contribution < -0.4 is 15.1 Å². The van der Waals surface area contributed by atoms with E-state index >= 15 is 0 Å². The number of carbonyl (C=O) groups is 1. The first kappa shape index (κ1) is 25.9. The first-order chi connectivity index (χ1) is 18.0. The smallest absolute Gasteiger partial charge is 0.416 e. The minimum absolute atomic E-state index is 0.0196. The minimum atomic E-state index is -4.62. The number of fused-ring (bicyclic) bond motifs is 2. The Bertz CT molecular complexity index is 1600. The van der Waals surface area contributed by atoms with Gasteiger partial charge in [-0.1, -0.05) is 43.6 Å². The first-order valence-electron chi connectivity index (χ1n) is 12.0. The molecule has 0 bridgehead atoms. The van der Waals surface area contributed by atoms with Gasteiger partial charge >= 0.3 is 6.18 Å². The Morgan fingerprint density at radius 3 is 2.53 bits per heavy atom. The molecule has 1 aliphatic heterocycles. The molecule has 1 unspecified atom stereocenters. The van der Waals surface area contributed by atoms with Crippen molar-refractivity contribution in [2.75, 3.05) is 11.5 Å². The van der Waals surface area contributed by atoms with Crippen molar-refractivity contribution in [3.63, 3.8) is 0 Å². The van der Waals surface area contributed by atoms with Gasteiger partial charge in [0, 0.05) is 10.7 Å². The zero-order valence-electron chi connectivity index (χ0n) is 20.5. The number of anilines is 1. The fraction of sp³-hybridized carbons (Fsp3) is 0.241. The first-order valence-corrected chi connectivity index (χ1v) is 12.4. The molecule has 0 saturated heterocycles. The van der Waals surface area contributed by atoms with Gasteiger partial charge in [-0.15, -0.1) is 0 Å². The van der Waals surface area contributed by atoms with Gasteiger partial charge in [-0.05, 0) is 66.4 Å². The van der Waals surface area contributed by atoms with E-state index in [0.717, 1.165) is 18.6 Å². The van der Waals surface area contributed by atoms with E-state index in [1.54, 1.807) is 24.3 Å². The number of halogens is 4. The molecule has 0 aliphatic carbocycles. The van der Waals surface area contributed by atoms with Crippen molar-refractivity contribution in [1.29, 1.82) is 0 Å². The molecule has 5 nitrogen and oxygen atoms in total. The van der Waals surface area contributed by atoms with Crippen LogP contribution in [0.15, 0.2) is 75.9 Å². The van der Waals surface area contributed by atoms with Crippen molar-refractivity contribution in [3.05, 3.63) is 104 Å². The quantitative estimate of drug-likeness (QED) is 0.252. The molecule has 38 heavy (non-hydrogen) atoms. The van der Waals surface area contributed by atoms with E-state index < -0.39 is 29.1 Å². The molecule has 1 aliphatic rings. The van der Waals surface area contributed by atoms with Crippen molar-refractivity contribution in [2.45, 2.75) is 32.5 Å². The molecule has 0 N–H and O–H groups in total. The number of ether oxygens (including phenoxy) is 1. The van der Waals surface area contributed by atoms with Gasteiger partial charge in [0.15, 0.2) is 5.43 Å². The number of nitrogens with zero attached hydrogens (tertiary/aromatic N) is 1. The van der Waals surface area contributed by atoms with E-state index in [4.69, 9.17) is 20.8 Å². The molecule has 1 atom stereocenters. The van der Waals surface area contributed by atoms with Gasteiger partial charge in [0.05, 0.1) is 29.2 Å². The molecule has 1 aromatic heterocycles. The highest BCUT2D eigenvalue weighted by Gasteiger charge is 2.44. The van der Waals surface area contributed by atoms with Crippen molar-refractivity contribution in [1.82, 2.24) is 0 Å². The molecular weight excluding hydrogens is 519 g/mol. The second-order valence-electron chi connectivity index (χ2n) is 9.54. The number of alkyl halides is 3. The van der Waals surface area contributed by atoms with Crippen LogP contribution in [0.25, 0.3) is 11.0 Å². The van der Waals surface area contributed by atoms with Crippen LogP contribution in [0, 0.1) is 5.92 Å². The van der Waals surface area contributed by atoms with Crippen LogP contribution in [0.2, 0.25) is 5.02 Å². The summed E-state index contributed by atoms with van der Waals surface area (Å²) in [6.45, 7) is 4.61. The number of hydrogen-bond acceptors (Lipinski definition) is 4. The average Bonchev–Trinajstić information content (AvgIpc) is 3.16. The van der Waals surface area contributed by atoms with Gasteiger partial charge in [0.25, 0.3) is 5.91 Å². The number of amides is 1. The second-order valence-corrected chi connectivity index (χ2v) is 9.98. The molecule has 0 fully saturated rings. The fourth-order valence-electron chi connectivity index (χ4n) is 4.55. The predicted molar refractivity (Wildman–Crippen MR) is 139 cm³/mol. The number of rotatable bonds is 6. The lowest BCUT2D eigenvalue weighted by Gasteiger charge is -2.26. The van der Waals surface area contributed by atoms with Crippen molar-refractivity contribution in [3.8, 4) is 5.75 Å². The Labute approximate surface area is 221 Å². The van der Waals surface area contributed by atoms with E-state index in [-0.39, 0.29) is 28.0 Å². The molecule has 4 aromatic rings. The third-order valence-corrected chi connectivity index (χ3v) is 6.66. The van der Waals surface area contributed by atoms with E-state index in [0.29, 0.717) is 28.9 Å². The van der Waals surface area contributed by atoms with Crippen LogP contribution >= 0.6 is 11.6 Å². The third-order valence-electron chi connectivity index (χ3n) is 6.42. The second kappa shape index (κ2) is 9.83. The highest BCUT2D eigenvalue weighted by atomic mass is 35.5. The summed E-state index contributed by atoms with van der Waals surface area (Å²) in [5, 5.41) is 0.477. The molecule has 0 radical (unpaired) electrons. The normalized spacial score (nSPS) is 15.4. The summed E-state index contributed by atoms with van der Waals surface area (Å²) in [5.74, 6) is 0.00248. The maximum Gasteiger partial charge on any atom is 0.416 e. The molecule has 5 rings (SSSR count). The molecule has 9 heteroatoms. The van der Waals surface area contributed by atoms with Gasteiger partial charge in [-0.2, -0.15) is 13.2 Å². The van der Waals surface area contributed by atoms with Crippen LogP contribution in [0.3, 0.4) is 0 Å². The SMILES string of the molecule is CC(C)CCOc1cccc(C2c3c(oc4ccc(Cl)cc4c3=O)C(=O)N2c2cccc(C(F)(F)F)c2)c1. The monoisotopic (exact) mass is 541 g/mol. The lowest BCUT2D eigenvalue weighted by molar-refractivity contribution is -0.137. The van der Waals surface area contributed by atoms with E-state index in [2.05, 4.69) is 13.8 Å². The zero-order valence-corrected chi connectivity index (χ0v) is 21.3. The van der Waals surface area contributed by atoms with Gasteiger partial charge in [0.1, 0.15) is 11.3 Å². The van der Waals surface area contributed by atoms with E-state index in [9.17, 15) is 22.8 Å². The minimum Gasteiger partial charge on any atom is -0.494 e. The predicted octanol–water partition coefficient (Wildman–Crippen LogP) is 7.64. The molecule has 196 valence electrons. The summed E-state index contributed by atoms with van der Waals surface area (Å²) in [6.07, 6.45) is -3.80. The summed E-state index contributed by atoms with van der Waals surface area (Å²) in [6, 6.07) is 14.7. The summed E-state index contributed by atoms with van der Waals surface area (Å²) < 4.78 is 52.4. The van der Waals surface area contributed by atoms with E-state index in [1.165, 1.54) is 35.2 Å². The van der Waals surface area contributed by atoms with Crippen LogP contribution in [0.1, 0.15) is 53.6 Å². The zero-order chi connectivity index (χ0) is 27.2. The topological polar surface area (TPSA) is 59.8 Å². The summed E-state index contributed by atoms with van der Waals surface area (Å²) >= 11 is 6.12. The van der Waals surface area contributed by atoms with Gasteiger partial charge in [-0.3, -0.25) is 14.5 Å². The highest BCUT2D eigenvalue weighted by molar-refractivity contribution is 6.31. The molecule has 0 saturated carbocycles. The third kappa shape index (κ3) is 4.76. The number of hydrogen-bond donors (Lipinski definition) is 0. The molecule has 1 amide bonds. The van der Waals surface area contributed by atoms with Gasteiger partial charge in [-0.25, -0.2) is 0 Å². The lowest BCUT2D eigenvalue weighted by Crippen LogP contribution is -2.29. The van der Waals surface area contributed by atoms with Gasteiger partial charge in [0.2, 0.25) is 5.76 Å². The van der Waals surface area contributed by atoms with Crippen molar-refractivity contribution >= 4 is 34.2 Å². The number of benzene rings is 3. The average molecular weight is 542 g/mol. The Morgan fingerprint density at radius 1 is 1.03 bits per heavy atom. The van der Waals surface area contributed by atoms with Crippen LogP contribution in [-0.4, -0.2) is 12.5 Å². The Balaban J connectivity index is 1.70. The van der Waals surface area contributed by atoms with E-state index in [1.807, 2.05) is 0 Å². The largest absolute Gasteiger partial charge is 0.494 e. The lowest BCUT2D eigenvalue weighted by atomic mass is 9.98. The van der Waals surface area contributed by atoms with Gasteiger partial charge < -0.3 is 9.15 Å². The molecule has 2 heterocycles. The highest BCUT2D eigenvalue weighted by Crippen LogP contribution is 2.43. The van der Waals surface area contributed by atoms with Crippen molar-refractivity contribution in [2.24, 2.45) is 5.92 Å².